The van der Waals surface area contributed by atoms with E-state index in [-0.39, 0.29) is 6.61 Å². The topological polar surface area (TPSA) is 57.5 Å². The maximum absolute atomic E-state index is 10.3. The van der Waals surface area contributed by atoms with Crippen LogP contribution >= 0.6 is 0 Å². The van der Waals surface area contributed by atoms with Gasteiger partial charge >= 0.3 is 5.97 Å². The first-order valence-corrected chi connectivity index (χ1v) is 15.9. The van der Waals surface area contributed by atoms with Crippen LogP contribution in [-0.2, 0) is 4.79 Å². The van der Waals surface area contributed by atoms with E-state index in [4.69, 9.17) is 10.2 Å². The van der Waals surface area contributed by atoms with Gasteiger partial charge in [-0.15, -0.1) is 0 Å². The van der Waals surface area contributed by atoms with E-state index in [1.165, 1.54) is 107 Å². The van der Waals surface area contributed by atoms with E-state index in [0.29, 0.717) is 11.8 Å². The van der Waals surface area contributed by atoms with Gasteiger partial charge in [0.05, 0.1) is 6.61 Å². The lowest BCUT2D eigenvalue weighted by Gasteiger charge is -2.32. The third-order valence-electron chi connectivity index (χ3n) is 7.68. The van der Waals surface area contributed by atoms with Gasteiger partial charge in [-0.3, -0.25) is 4.79 Å². The Bertz CT molecular complexity index is 792. The molecule has 224 valence electrons. The molecular weight excluding hydrogens is 480 g/mol. The van der Waals surface area contributed by atoms with Gasteiger partial charge in [0.15, 0.2) is 0 Å². The number of carboxylic acid groups (broad SMARTS) is 1. The minimum absolute atomic E-state index is 0.0985. The van der Waals surface area contributed by atoms with Crippen molar-refractivity contribution in [3.8, 4) is 0 Å². The highest BCUT2D eigenvalue weighted by Crippen LogP contribution is 2.40. The molecule has 1 rings (SSSR count). The Kier molecular flexibility index (Phi) is 22.8. The van der Waals surface area contributed by atoms with Crippen LogP contribution in [-0.4, -0.2) is 22.8 Å². The third kappa shape index (κ3) is 21.6. The Labute approximate surface area is 242 Å². The summed E-state index contributed by atoms with van der Waals surface area (Å²) in [4.78, 5) is 10.3. The van der Waals surface area contributed by atoms with Crippen molar-refractivity contribution >= 4 is 5.97 Å². The summed E-state index contributed by atoms with van der Waals surface area (Å²) >= 11 is 0. The molecule has 0 heterocycles. The molecule has 2 N–H and O–H groups in total. The molecule has 0 atom stereocenters. The van der Waals surface area contributed by atoms with Gasteiger partial charge in [0.1, 0.15) is 0 Å². The molecule has 0 saturated carbocycles. The van der Waals surface area contributed by atoms with E-state index in [9.17, 15) is 4.79 Å². The van der Waals surface area contributed by atoms with E-state index in [1.807, 2.05) is 19.1 Å². The van der Waals surface area contributed by atoms with Crippen LogP contribution < -0.4 is 0 Å². The number of hydrogen-bond acceptors (Lipinski definition) is 2. The van der Waals surface area contributed by atoms with Crippen molar-refractivity contribution in [3.05, 3.63) is 58.7 Å². The van der Waals surface area contributed by atoms with E-state index < -0.39 is 5.97 Å². The Morgan fingerprint density at radius 1 is 0.846 bits per heavy atom. The Morgan fingerprint density at radius 2 is 1.38 bits per heavy atom. The van der Waals surface area contributed by atoms with Gasteiger partial charge in [-0.05, 0) is 57.4 Å². The Morgan fingerprint density at radius 3 is 1.87 bits per heavy atom. The summed E-state index contributed by atoms with van der Waals surface area (Å²) in [5.74, 6) is -0.655. The summed E-state index contributed by atoms with van der Waals surface area (Å²) < 4.78 is 0. The molecule has 0 aromatic rings. The summed E-state index contributed by atoms with van der Waals surface area (Å²) in [5, 5.41) is 17.3. The first kappa shape index (κ1) is 37.1. The number of hydrogen-bond donors (Lipinski definition) is 2. The third-order valence-corrected chi connectivity index (χ3v) is 7.68. The summed E-state index contributed by atoms with van der Waals surface area (Å²) in [5.41, 5.74) is 5.66. The molecule has 0 aromatic carbocycles. The molecule has 0 aliphatic heterocycles. The van der Waals surface area contributed by atoms with Crippen molar-refractivity contribution in [1.82, 2.24) is 0 Å². The predicted octanol–water partition coefficient (Wildman–Crippen LogP) is 11.1. The van der Waals surface area contributed by atoms with Gasteiger partial charge < -0.3 is 10.2 Å². The highest BCUT2D eigenvalue weighted by Gasteiger charge is 2.26. The molecule has 0 radical (unpaired) electrons. The molecule has 39 heavy (non-hydrogen) atoms. The molecule has 0 amide bonds. The molecule has 3 heteroatoms. The zero-order valence-electron chi connectivity index (χ0n) is 26.5. The van der Waals surface area contributed by atoms with Crippen LogP contribution in [0.1, 0.15) is 151 Å². The molecule has 0 spiro atoms. The minimum atomic E-state index is -0.655. The maximum Gasteiger partial charge on any atom is 0.303 e. The fourth-order valence-corrected chi connectivity index (χ4v) is 5.14. The fraction of sp³-hybridized carbons (Fsp3) is 0.694. The number of aliphatic hydroxyl groups is 1. The second kappa shape index (κ2) is 24.0. The number of carboxylic acids is 1. The van der Waals surface area contributed by atoms with Crippen LogP contribution in [0.25, 0.3) is 0 Å². The van der Waals surface area contributed by atoms with Crippen molar-refractivity contribution in [2.24, 2.45) is 5.41 Å². The lowest BCUT2D eigenvalue weighted by Crippen LogP contribution is -2.19. The second-order valence-corrected chi connectivity index (χ2v) is 12.1. The van der Waals surface area contributed by atoms with Crippen LogP contribution in [0.5, 0.6) is 0 Å². The van der Waals surface area contributed by atoms with Gasteiger partial charge in [-0.2, -0.15) is 0 Å². The Hall–Kier alpha value is -1.87. The molecule has 0 bridgehead atoms. The van der Waals surface area contributed by atoms with E-state index >= 15 is 0 Å². The lowest BCUT2D eigenvalue weighted by molar-refractivity contribution is -0.137. The summed E-state index contributed by atoms with van der Waals surface area (Å²) in [6.45, 7) is 13.4. The van der Waals surface area contributed by atoms with Crippen LogP contribution in [0.4, 0.5) is 0 Å². The second-order valence-electron chi connectivity index (χ2n) is 12.1. The zero-order valence-corrected chi connectivity index (χ0v) is 26.5. The number of rotatable bonds is 19. The zero-order chi connectivity index (χ0) is 29.4. The van der Waals surface area contributed by atoms with Crippen LogP contribution in [0.2, 0.25) is 0 Å². The van der Waals surface area contributed by atoms with Crippen LogP contribution in [0.3, 0.4) is 0 Å². The highest BCUT2D eigenvalue weighted by atomic mass is 16.4. The predicted molar refractivity (Wildman–Crippen MR) is 171 cm³/mol. The molecule has 3 nitrogen and oxygen atoms in total. The minimum Gasteiger partial charge on any atom is -0.481 e. The largest absolute Gasteiger partial charge is 0.481 e. The molecular formula is C36H62O3. The number of aliphatic hydroxyl groups excluding tert-OH is 1. The van der Waals surface area contributed by atoms with Crippen molar-refractivity contribution < 1.29 is 15.0 Å². The Balaban J connectivity index is 0.000000751. The van der Waals surface area contributed by atoms with Gasteiger partial charge in [-0.1, -0.05) is 151 Å². The first-order valence-electron chi connectivity index (χ1n) is 15.9. The first-order chi connectivity index (χ1) is 18.6. The van der Waals surface area contributed by atoms with Gasteiger partial charge in [0.25, 0.3) is 0 Å². The molecule has 1 aliphatic rings. The molecule has 0 aromatic heterocycles. The monoisotopic (exact) mass is 542 g/mol. The van der Waals surface area contributed by atoms with E-state index in [2.05, 4.69) is 52.8 Å². The summed E-state index contributed by atoms with van der Waals surface area (Å²) in [6, 6.07) is 0. The highest BCUT2D eigenvalue weighted by molar-refractivity contribution is 5.66. The summed E-state index contributed by atoms with van der Waals surface area (Å²) in [7, 11) is 0. The molecule has 1 aliphatic carbocycles. The number of unbranched alkanes of at least 4 members (excludes halogenated alkanes) is 12. The average molecular weight is 543 g/mol. The fourth-order valence-electron chi connectivity index (χ4n) is 5.14. The summed E-state index contributed by atoms with van der Waals surface area (Å²) in [6.07, 6.45) is 33.6. The van der Waals surface area contributed by atoms with Gasteiger partial charge in [0, 0.05) is 6.42 Å². The van der Waals surface area contributed by atoms with Crippen LogP contribution in [0.15, 0.2) is 58.7 Å². The molecule has 0 unspecified atom stereocenters. The van der Waals surface area contributed by atoms with Crippen molar-refractivity contribution in [2.75, 3.05) is 6.61 Å². The van der Waals surface area contributed by atoms with Crippen molar-refractivity contribution in [3.63, 3.8) is 0 Å². The molecule has 0 saturated heterocycles. The average Bonchev–Trinajstić information content (AvgIpc) is 2.86. The van der Waals surface area contributed by atoms with E-state index in [1.54, 1.807) is 6.08 Å². The van der Waals surface area contributed by atoms with E-state index in [0.717, 1.165) is 18.4 Å². The molecule has 0 fully saturated rings. The van der Waals surface area contributed by atoms with Gasteiger partial charge in [-0.25, -0.2) is 0 Å². The normalized spacial score (nSPS) is 16.2. The number of aliphatic carboxylic acids is 1. The smallest absolute Gasteiger partial charge is 0.303 e. The number of allylic oxidation sites excluding steroid dienone is 9. The SMILES string of the molecule is CC1=C(/C=C/C(C)=C/C=C/C(C)=C/CO)C(C)(C)CCC1.CCCCCCCCCCCCCCCC(=O)O. The van der Waals surface area contributed by atoms with Crippen LogP contribution in [0, 0.1) is 5.41 Å². The quantitative estimate of drug-likeness (QED) is 0.126. The lowest BCUT2D eigenvalue weighted by atomic mass is 9.72. The van der Waals surface area contributed by atoms with Crippen molar-refractivity contribution in [1.29, 1.82) is 0 Å². The number of carbonyl (C=O) groups is 1. The standard InChI is InChI=1S/C20H30O.C16H32O2/c1-16(8-6-9-17(2)13-15-21)11-12-19-18(3)10-7-14-20(19,4)5;1-2-3-4-5-6-7-8-9-10-11-12-13-14-15-16(17)18/h6,8-9,11-13,21H,7,10,14-15H2,1-5H3;2-15H2,1H3,(H,17,18)/b9-6+,12-11+,16-8+,17-13+;. The van der Waals surface area contributed by atoms with Crippen molar-refractivity contribution in [2.45, 2.75) is 151 Å². The maximum atomic E-state index is 10.3. The van der Waals surface area contributed by atoms with Gasteiger partial charge in [0.2, 0.25) is 0 Å².